The van der Waals surface area contributed by atoms with Crippen LogP contribution >= 0.6 is 0 Å². The smallest absolute Gasteiger partial charge is 0.147 e. The number of hydrogen-bond donors (Lipinski definition) is 2. The lowest BCUT2D eigenvalue weighted by Crippen LogP contribution is -2.19. The number of ketones is 1. The van der Waals surface area contributed by atoms with Crippen molar-refractivity contribution in [3.8, 4) is 11.5 Å². The van der Waals surface area contributed by atoms with Gasteiger partial charge in [-0.1, -0.05) is 26.0 Å². The van der Waals surface area contributed by atoms with Gasteiger partial charge in [0.05, 0.1) is 14.2 Å². The fourth-order valence-electron chi connectivity index (χ4n) is 3.06. The first-order valence-corrected chi connectivity index (χ1v) is 7.80. The summed E-state index contributed by atoms with van der Waals surface area (Å²) in [5.41, 5.74) is 14.6. The van der Waals surface area contributed by atoms with Crippen LogP contribution in [-0.2, 0) is 4.79 Å². The molecular weight excluding hydrogens is 304 g/mol. The number of hydrogen-bond acceptors (Lipinski definition) is 5. The number of methoxy groups -OCH3 is 2. The summed E-state index contributed by atoms with van der Waals surface area (Å²) < 4.78 is 10.7. The number of nitrogen functional groups attached to an aromatic ring is 2. The summed E-state index contributed by atoms with van der Waals surface area (Å²) >= 11 is 0. The molecule has 24 heavy (non-hydrogen) atoms. The predicted octanol–water partition coefficient (Wildman–Crippen LogP) is 3.34. The van der Waals surface area contributed by atoms with Gasteiger partial charge >= 0.3 is 0 Å². The van der Waals surface area contributed by atoms with Crippen LogP contribution in [0.3, 0.4) is 0 Å². The van der Waals surface area contributed by atoms with E-state index in [4.69, 9.17) is 20.9 Å². The minimum absolute atomic E-state index is 0.00222. The van der Waals surface area contributed by atoms with Crippen molar-refractivity contribution in [3.63, 3.8) is 0 Å². The van der Waals surface area contributed by atoms with Crippen molar-refractivity contribution in [1.82, 2.24) is 0 Å². The molecule has 0 bridgehead atoms. The number of carbonyl (C=O) groups excluding carboxylic acids is 1. The van der Waals surface area contributed by atoms with Crippen molar-refractivity contribution in [1.29, 1.82) is 0 Å². The van der Waals surface area contributed by atoms with E-state index in [-0.39, 0.29) is 5.78 Å². The van der Waals surface area contributed by atoms with Gasteiger partial charge in [-0.3, -0.25) is 4.79 Å². The molecule has 0 aromatic heterocycles. The summed E-state index contributed by atoms with van der Waals surface area (Å²) in [4.78, 5) is 13.1. The minimum Gasteiger partial charge on any atom is -0.496 e. The van der Waals surface area contributed by atoms with E-state index < -0.39 is 11.8 Å². The highest BCUT2D eigenvalue weighted by Crippen LogP contribution is 2.39. The van der Waals surface area contributed by atoms with Gasteiger partial charge in [0.15, 0.2) is 0 Å². The Morgan fingerprint density at radius 1 is 0.833 bits per heavy atom. The van der Waals surface area contributed by atoms with Gasteiger partial charge in [0.25, 0.3) is 0 Å². The Bertz CT molecular complexity index is 682. The second-order valence-corrected chi connectivity index (χ2v) is 5.77. The largest absolute Gasteiger partial charge is 0.496 e. The molecule has 0 saturated heterocycles. The first kappa shape index (κ1) is 17.7. The van der Waals surface area contributed by atoms with Gasteiger partial charge in [0.2, 0.25) is 0 Å². The summed E-state index contributed by atoms with van der Waals surface area (Å²) in [5.74, 6) is 0.357. The van der Waals surface area contributed by atoms with E-state index in [2.05, 4.69) is 0 Å². The second kappa shape index (κ2) is 7.25. The highest BCUT2D eigenvalue weighted by atomic mass is 16.5. The zero-order valence-electron chi connectivity index (χ0n) is 14.5. The molecule has 128 valence electrons. The number of Topliss-reactive ketones (excluding diaryl/α,β-unsaturated/α-hetero) is 1. The van der Waals surface area contributed by atoms with E-state index in [0.29, 0.717) is 34.0 Å². The molecule has 5 heteroatoms. The molecule has 0 aliphatic heterocycles. The van der Waals surface area contributed by atoms with Gasteiger partial charge in [-0.15, -0.1) is 0 Å². The molecule has 2 unspecified atom stereocenters. The maximum absolute atomic E-state index is 13.1. The van der Waals surface area contributed by atoms with E-state index >= 15 is 0 Å². The summed E-state index contributed by atoms with van der Waals surface area (Å²) in [6.45, 7) is 3.66. The molecule has 2 aromatic rings. The third kappa shape index (κ3) is 3.15. The molecule has 2 rings (SSSR count). The van der Waals surface area contributed by atoms with Crippen LogP contribution in [-0.4, -0.2) is 20.0 Å². The number of benzene rings is 2. The van der Waals surface area contributed by atoms with Crippen molar-refractivity contribution in [2.45, 2.75) is 25.7 Å². The number of carbonyl (C=O) groups is 1. The molecule has 0 aliphatic rings. The Labute approximate surface area is 142 Å². The molecule has 0 amide bonds. The van der Waals surface area contributed by atoms with Gasteiger partial charge in [0.1, 0.15) is 17.3 Å². The van der Waals surface area contributed by atoms with Crippen LogP contribution in [0.1, 0.15) is 36.8 Å². The van der Waals surface area contributed by atoms with Crippen LogP contribution in [0.4, 0.5) is 11.4 Å². The Hall–Kier alpha value is -2.69. The Balaban J connectivity index is 2.43. The Morgan fingerprint density at radius 3 is 1.54 bits per heavy atom. The molecular formula is C19H24N2O3. The van der Waals surface area contributed by atoms with Gasteiger partial charge in [-0.05, 0) is 24.3 Å². The standard InChI is InChI=1S/C19H24N2O3/c1-11(17-13(20)7-5-9-15(17)23-3)19(22)12(2)18-14(21)8-6-10-16(18)24-4/h5-12H,20-21H2,1-4H3. The van der Waals surface area contributed by atoms with Crippen molar-refractivity contribution >= 4 is 17.2 Å². The lowest BCUT2D eigenvalue weighted by molar-refractivity contribution is -0.121. The quantitative estimate of drug-likeness (QED) is 0.794. The van der Waals surface area contributed by atoms with Gasteiger partial charge in [0, 0.05) is 34.3 Å². The third-order valence-electron chi connectivity index (χ3n) is 4.36. The second-order valence-electron chi connectivity index (χ2n) is 5.77. The number of nitrogens with two attached hydrogens (primary N) is 2. The minimum atomic E-state index is -0.430. The first-order valence-electron chi connectivity index (χ1n) is 7.80. The highest BCUT2D eigenvalue weighted by molar-refractivity contribution is 5.94. The predicted molar refractivity (Wildman–Crippen MR) is 96.6 cm³/mol. The number of ether oxygens (including phenoxy) is 2. The molecule has 2 aromatic carbocycles. The Kier molecular flexibility index (Phi) is 5.34. The maximum atomic E-state index is 13.1. The van der Waals surface area contributed by atoms with Crippen LogP contribution in [0.2, 0.25) is 0 Å². The van der Waals surface area contributed by atoms with Crippen molar-refractivity contribution < 1.29 is 14.3 Å². The van der Waals surface area contributed by atoms with Crippen molar-refractivity contribution in [2.75, 3.05) is 25.7 Å². The van der Waals surface area contributed by atoms with Crippen LogP contribution < -0.4 is 20.9 Å². The molecule has 0 fully saturated rings. The third-order valence-corrected chi connectivity index (χ3v) is 4.36. The van der Waals surface area contributed by atoms with Crippen LogP contribution in [0.5, 0.6) is 11.5 Å². The lowest BCUT2D eigenvalue weighted by atomic mass is 9.84. The van der Waals surface area contributed by atoms with E-state index in [0.717, 1.165) is 0 Å². The first-order chi connectivity index (χ1) is 11.4. The average Bonchev–Trinajstić information content (AvgIpc) is 2.59. The Morgan fingerprint density at radius 2 is 1.21 bits per heavy atom. The van der Waals surface area contributed by atoms with E-state index in [1.165, 1.54) is 0 Å². The topological polar surface area (TPSA) is 87.6 Å². The normalized spacial score (nSPS) is 13.2. The van der Waals surface area contributed by atoms with Crippen LogP contribution in [0, 0.1) is 0 Å². The van der Waals surface area contributed by atoms with Crippen LogP contribution in [0.15, 0.2) is 36.4 Å². The fourth-order valence-corrected chi connectivity index (χ4v) is 3.06. The van der Waals surface area contributed by atoms with Gasteiger partial charge < -0.3 is 20.9 Å². The highest BCUT2D eigenvalue weighted by Gasteiger charge is 2.29. The van der Waals surface area contributed by atoms with E-state index in [9.17, 15) is 4.79 Å². The fraction of sp³-hybridized carbons (Fsp3) is 0.316. The summed E-state index contributed by atoms with van der Waals surface area (Å²) in [6, 6.07) is 10.7. The summed E-state index contributed by atoms with van der Waals surface area (Å²) in [7, 11) is 3.13. The van der Waals surface area contributed by atoms with Crippen LogP contribution in [0.25, 0.3) is 0 Å². The maximum Gasteiger partial charge on any atom is 0.147 e. The zero-order valence-corrected chi connectivity index (χ0v) is 14.5. The molecule has 5 nitrogen and oxygen atoms in total. The molecule has 0 saturated carbocycles. The molecule has 0 radical (unpaired) electrons. The molecule has 0 heterocycles. The molecule has 2 atom stereocenters. The van der Waals surface area contributed by atoms with Crippen molar-refractivity contribution in [2.24, 2.45) is 0 Å². The molecule has 4 N–H and O–H groups in total. The zero-order chi connectivity index (χ0) is 17.9. The SMILES string of the molecule is COc1cccc(N)c1C(C)C(=O)C(C)c1c(N)cccc1OC. The number of anilines is 2. The van der Waals surface area contributed by atoms with Gasteiger partial charge in [-0.2, -0.15) is 0 Å². The van der Waals surface area contributed by atoms with Crippen molar-refractivity contribution in [3.05, 3.63) is 47.5 Å². The number of rotatable bonds is 6. The average molecular weight is 328 g/mol. The van der Waals surface area contributed by atoms with E-state index in [1.807, 2.05) is 13.8 Å². The lowest BCUT2D eigenvalue weighted by Gasteiger charge is -2.22. The monoisotopic (exact) mass is 328 g/mol. The molecule has 0 spiro atoms. The van der Waals surface area contributed by atoms with E-state index in [1.54, 1.807) is 50.6 Å². The van der Waals surface area contributed by atoms with Gasteiger partial charge in [-0.25, -0.2) is 0 Å². The molecule has 0 aliphatic carbocycles. The summed E-state index contributed by atoms with van der Waals surface area (Å²) in [6.07, 6.45) is 0. The summed E-state index contributed by atoms with van der Waals surface area (Å²) in [5, 5.41) is 0.